The van der Waals surface area contributed by atoms with E-state index >= 15 is 0 Å². The Morgan fingerprint density at radius 2 is 2.14 bits per heavy atom. The molecule has 8 heteroatoms. The monoisotopic (exact) mass is 333 g/mol. The van der Waals surface area contributed by atoms with Crippen LogP contribution in [0.3, 0.4) is 0 Å². The van der Waals surface area contributed by atoms with Crippen molar-refractivity contribution in [3.63, 3.8) is 0 Å². The molecule has 1 heterocycles. The maximum atomic E-state index is 11.9. The lowest BCUT2D eigenvalue weighted by Gasteiger charge is -2.15. The second-order valence-corrected chi connectivity index (χ2v) is 5.26. The van der Waals surface area contributed by atoms with E-state index in [9.17, 15) is 9.59 Å². The highest BCUT2D eigenvalue weighted by Gasteiger charge is 2.20. The van der Waals surface area contributed by atoms with Gasteiger partial charge in [-0.3, -0.25) is 9.48 Å². The number of hydrogen-bond acceptors (Lipinski definition) is 5. The number of aromatic nitrogens is 2. The van der Waals surface area contributed by atoms with Gasteiger partial charge in [-0.2, -0.15) is 17.7 Å². The Labute approximate surface area is 134 Å². The van der Waals surface area contributed by atoms with E-state index < -0.39 is 12.0 Å². The standard InChI is InChI=1S/C13H20ClN3O3S/c1-4-20-13(19)10(7-21)15-11(18)5-6-17-9(3)12(14)8(2)16-17/h10,21H,4-7H2,1-3H3,(H,15,18)/t10-/m0/s1. The van der Waals surface area contributed by atoms with Gasteiger partial charge in [-0.05, 0) is 20.8 Å². The molecule has 0 saturated carbocycles. The van der Waals surface area contributed by atoms with Crippen molar-refractivity contribution in [2.75, 3.05) is 12.4 Å². The highest BCUT2D eigenvalue weighted by molar-refractivity contribution is 7.80. The third kappa shape index (κ3) is 4.93. The van der Waals surface area contributed by atoms with Crippen molar-refractivity contribution in [3.05, 3.63) is 16.4 Å². The zero-order valence-electron chi connectivity index (χ0n) is 12.4. The fourth-order valence-corrected chi connectivity index (χ4v) is 2.16. The fraction of sp³-hybridized carbons (Fsp3) is 0.615. The molecule has 0 aliphatic rings. The first-order chi connectivity index (χ1) is 9.90. The van der Waals surface area contributed by atoms with E-state index in [1.165, 1.54) is 0 Å². The molecule has 1 aromatic heterocycles. The van der Waals surface area contributed by atoms with Gasteiger partial charge in [0.1, 0.15) is 6.04 Å². The smallest absolute Gasteiger partial charge is 0.329 e. The first-order valence-electron chi connectivity index (χ1n) is 6.67. The summed E-state index contributed by atoms with van der Waals surface area (Å²) in [6.45, 7) is 6.03. The second-order valence-electron chi connectivity index (χ2n) is 4.51. The predicted octanol–water partition coefficient (Wildman–Crippen LogP) is 1.52. The molecule has 1 rings (SSSR count). The van der Waals surface area contributed by atoms with Crippen LogP contribution < -0.4 is 5.32 Å². The summed E-state index contributed by atoms with van der Waals surface area (Å²) in [5, 5.41) is 7.45. The topological polar surface area (TPSA) is 73.2 Å². The lowest BCUT2D eigenvalue weighted by Crippen LogP contribution is -2.43. The fourth-order valence-electron chi connectivity index (χ4n) is 1.79. The summed E-state index contributed by atoms with van der Waals surface area (Å²) in [4.78, 5) is 23.4. The van der Waals surface area contributed by atoms with E-state index in [0.717, 1.165) is 11.4 Å². The molecule has 1 N–H and O–H groups in total. The Bertz CT molecular complexity index is 519. The van der Waals surface area contributed by atoms with Crippen LogP contribution in [-0.4, -0.2) is 40.1 Å². The minimum atomic E-state index is -0.732. The normalized spacial score (nSPS) is 12.0. The summed E-state index contributed by atoms with van der Waals surface area (Å²) >= 11 is 10.1. The van der Waals surface area contributed by atoms with Crippen LogP contribution in [0.25, 0.3) is 0 Å². The number of aryl methyl sites for hydroxylation is 2. The van der Waals surface area contributed by atoms with Crippen molar-refractivity contribution in [2.45, 2.75) is 39.8 Å². The molecule has 21 heavy (non-hydrogen) atoms. The number of carbonyl (C=O) groups excluding carboxylic acids is 2. The van der Waals surface area contributed by atoms with Crippen molar-refractivity contribution in [1.29, 1.82) is 0 Å². The maximum Gasteiger partial charge on any atom is 0.329 e. The molecule has 0 aromatic carbocycles. The van der Waals surface area contributed by atoms with E-state index in [-0.39, 0.29) is 24.7 Å². The lowest BCUT2D eigenvalue weighted by molar-refractivity contribution is -0.146. The van der Waals surface area contributed by atoms with Crippen LogP contribution in [-0.2, 0) is 20.9 Å². The number of hydrogen-bond donors (Lipinski definition) is 2. The van der Waals surface area contributed by atoms with Crippen molar-refractivity contribution < 1.29 is 14.3 Å². The molecular weight excluding hydrogens is 314 g/mol. The largest absolute Gasteiger partial charge is 0.464 e. The third-order valence-electron chi connectivity index (χ3n) is 2.93. The van der Waals surface area contributed by atoms with Crippen LogP contribution in [0.4, 0.5) is 0 Å². The summed E-state index contributed by atoms with van der Waals surface area (Å²) in [5.74, 6) is -0.545. The Kier molecular flexibility index (Phi) is 7.04. The van der Waals surface area contributed by atoms with Crippen LogP contribution in [0, 0.1) is 13.8 Å². The number of amides is 1. The van der Waals surface area contributed by atoms with Crippen molar-refractivity contribution >= 4 is 36.1 Å². The highest BCUT2D eigenvalue weighted by Crippen LogP contribution is 2.18. The van der Waals surface area contributed by atoms with E-state index in [4.69, 9.17) is 16.3 Å². The van der Waals surface area contributed by atoms with Gasteiger partial charge in [-0.1, -0.05) is 11.6 Å². The summed E-state index contributed by atoms with van der Waals surface area (Å²) in [7, 11) is 0. The summed E-state index contributed by atoms with van der Waals surface area (Å²) in [6.07, 6.45) is 0.196. The van der Waals surface area contributed by atoms with E-state index in [0.29, 0.717) is 11.6 Å². The van der Waals surface area contributed by atoms with Crippen LogP contribution in [0.2, 0.25) is 5.02 Å². The number of nitrogens with zero attached hydrogens (tertiary/aromatic N) is 2. The van der Waals surface area contributed by atoms with Gasteiger partial charge in [-0.15, -0.1) is 0 Å². The molecule has 0 fully saturated rings. The van der Waals surface area contributed by atoms with Gasteiger partial charge in [0.2, 0.25) is 5.91 Å². The molecular formula is C13H20ClN3O3S. The molecule has 0 aliphatic heterocycles. The average Bonchev–Trinajstić information content (AvgIpc) is 2.70. The molecule has 1 atom stereocenters. The van der Waals surface area contributed by atoms with Crippen molar-refractivity contribution in [3.8, 4) is 0 Å². The van der Waals surface area contributed by atoms with Crippen LogP contribution in [0.15, 0.2) is 0 Å². The number of halogens is 1. The SMILES string of the molecule is CCOC(=O)[C@H](CS)NC(=O)CCn1nc(C)c(Cl)c1C. The number of ether oxygens (including phenoxy) is 1. The molecule has 0 unspecified atom stereocenters. The van der Waals surface area contributed by atoms with E-state index in [2.05, 4.69) is 23.0 Å². The van der Waals surface area contributed by atoms with Crippen LogP contribution in [0.5, 0.6) is 0 Å². The third-order valence-corrected chi connectivity index (χ3v) is 3.84. The zero-order chi connectivity index (χ0) is 16.0. The van der Waals surface area contributed by atoms with Gasteiger partial charge in [0.25, 0.3) is 0 Å². The van der Waals surface area contributed by atoms with Gasteiger partial charge in [0, 0.05) is 12.2 Å². The Morgan fingerprint density at radius 3 is 2.62 bits per heavy atom. The average molecular weight is 334 g/mol. The Morgan fingerprint density at radius 1 is 1.48 bits per heavy atom. The van der Waals surface area contributed by atoms with Crippen LogP contribution >= 0.6 is 24.2 Å². The van der Waals surface area contributed by atoms with Crippen molar-refractivity contribution in [1.82, 2.24) is 15.1 Å². The highest BCUT2D eigenvalue weighted by atomic mass is 35.5. The zero-order valence-corrected chi connectivity index (χ0v) is 14.0. The summed E-state index contributed by atoms with van der Waals surface area (Å²) in [5.41, 5.74) is 1.55. The van der Waals surface area contributed by atoms with E-state index in [1.807, 2.05) is 13.8 Å². The van der Waals surface area contributed by atoms with Gasteiger partial charge >= 0.3 is 5.97 Å². The first-order valence-corrected chi connectivity index (χ1v) is 7.68. The van der Waals surface area contributed by atoms with Crippen molar-refractivity contribution in [2.24, 2.45) is 0 Å². The molecule has 0 radical (unpaired) electrons. The number of thiol groups is 1. The second kappa shape index (κ2) is 8.29. The molecule has 1 aromatic rings. The van der Waals surface area contributed by atoms with Gasteiger partial charge in [0.05, 0.1) is 29.6 Å². The summed E-state index contributed by atoms with van der Waals surface area (Å²) < 4.78 is 6.54. The van der Waals surface area contributed by atoms with Gasteiger partial charge in [0.15, 0.2) is 0 Å². The maximum absolute atomic E-state index is 11.9. The minimum Gasteiger partial charge on any atom is -0.464 e. The number of rotatable bonds is 7. The Balaban J connectivity index is 2.53. The lowest BCUT2D eigenvalue weighted by atomic mass is 10.3. The van der Waals surface area contributed by atoms with E-state index in [1.54, 1.807) is 11.6 Å². The summed E-state index contributed by atoms with van der Waals surface area (Å²) in [6, 6.07) is -0.732. The number of esters is 1. The predicted molar refractivity (Wildman–Crippen MR) is 83.7 cm³/mol. The van der Waals surface area contributed by atoms with Gasteiger partial charge in [-0.25, -0.2) is 4.79 Å². The Hall–Kier alpha value is -1.21. The molecule has 118 valence electrons. The number of carbonyl (C=O) groups is 2. The molecule has 0 saturated heterocycles. The molecule has 6 nitrogen and oxygen atoms in total. The number of nitrogens with one attached hydrogen (secondary N) is 1. The molecule has 1 amide bonds. The quantitative estimate of drug-likeness (QED) is 0.586. The minimum absolute atomic E-state index is 0.191. The van der Waals surface area contributed by atoms with Crippen LogP contribution in [0.1, 0.15) is 24.7 Å². The van der Waals surface area contributed by atoms with Gasteiger partial charge < -0.3 is 10.1 Å². The molecule has 0 bridgehead atoms. The first kappa shape index (κ1) is 17.8. The molecule has 0 aliphatic carbocycles. The molecule has 0 spiro atoms.